The van der Waals surface area contributed by atoms with Crippen molar-refractivity contribution in [1.82, 2.24) is 24.6 Å². The van der Waals surface area contributed by atoms with Gasteiger partial charge >= 0.3 is 0 Å². The summed E-state index contributed by atoms with van der Waals surface area (Å²) < 4.78 is 1.93. The Morgan fingerprint density at radius 2 is 1.88 bits per heavy atom. The van der Waals surface area contributed by atoms with Gasteiger partial charge in [0.1, 0.15) is 0 Å². The minimum atomic E-state index is 0.136. The Balaban J connectivity index is 1.58. The first-order valence-corrected chi connectivity index (χ1v) is 9.57. The van der Waals surface area contributed by atoms with Gasteiger partial charge in [0.2, 0.25) is 0 Å². The van der Waals surface area contributed by atoms with Crippen molar-refractivity contribution in [2.24, 2.45) is 0 Å². The van der Waals surface area contributed by atoms with E-state index in [0.717, 1.165) is 45.0 Å². The van der Waals surface area contributed by atoms with Crippen LogP contribution in [0.15, 0.2) is 10.9 Å². The zero-order chi connectivity index (χ0) is 16.9. The molecule has 0 bridgehead atoms. The summed E-state index contributed by atoms with van der Waals surface area (Å²) >= 11 is 1.67. The van der Waals surface area contributed by atoms with Gasteiger partial charge in [-0.05, 0) is 33.4 Å². The lowest BCUT2D eigenvalue weighted by Crippen LogP contribution is -2.30. The molecule has 3 rings (SSSR count). The fraction of sp³-hybridized carbons (Fsp3) is 0.647. The summed E-state index contributed by atoms with van der Waals surface area (Å²) in [7, 11) is 0. The van der Waals surface area contributed by atoms with Gasteiger partial charge in [0, 0.05) is 42.8 Å². The van der Waals surface area contributed by atoms with Gasteiger partial charge < -0.3 is 5.11 Å². The van der Waals surface area contributed by atoms with Gasteiger partial charge in [-0.2, -0.15) is 5.10 Å². The lowest BCUT2D eigenvalue weighted by atomic mass is 10.2. The van der Waals surface area contributed by atoms with Crippen molar-refractivity contribution < 1.29 is 5.11 Å². The summed E-state index contributed by atoms with van der Waals surface area (Å²) in [6.45, 7) is 11.2. The third-order valence-electron chi connectivity index (χ3n) is 4.78. The average Bonchev–Trinajstić information content (AvgIpc) is 3.08. The fourth-order valence-electron chi connectivity index (χ4n) is 3.38. The number of hydrogen-bond acceptors (Lipinski definition) is 6. The molecular formula is C17H27N5OS. The van der Waals surface area contributed by atoms with E-state index < -0.39 is 0 Å². The molecule has 0 unspecified atom stereocenters. The van der Waals surface area contributed by atoms with E-state index in [2.05, 4.69) is 39.1 Å². The standard InChI is InChI=1S/C17H27N5OS/c1-14-17(15(2)22(19-14)8-9-23)11-21-5-3-4-20(6-7-21)10-16-12-24-13-18-16/h12-13,23H,3-11H2,1-2H3. The lowest BCUT2D eigenvalue weighted by Gasteiger charge is -2.21. The molecule has 3 heterocycles. The van der Waals surface area contributed by atoms with Crippen LogP contribution in [0, 0.1) is 13.8 Å². The number of aromatic nitrogens is 3. The van der Waals surface area contributed by atoms with E-state index in [1.54, 1.807) is 11.3 Å². The summed E-state index contributed by atoms with van der Waals surface area (Å²) in [5, 5.41) is 15.9. The van der Waals surface area contributed by atoms with Gasteiger partial charge in [0.05, 0.1) is 30.1 Å². The summed E-state index contributed by atoms with van der Waals surface area (Å²) in [6, 6.07) is 0. The van der Waals surface area contributed by atoms with E-state index in [9.17, 15) is 0 Å². The van der Waals surface area contributed by atoms with Crippen LogP contribution in [0.4, 0.5) is 0 Å². The molecular weight excluding hydrogens is 322 g/mol. The van der Waals surface area contributed by atoms with Gasteiger partial charge in [0.25, 0.3) is 0 Å². The van der Waals surface area contributed by atoms with Crippen LogP contribution in [0.3, 0.4) is 0 Å². The SMILES string of the molecule is Cc1nn(CCO)c(C)c1CN1CCCN(Cc2cscn2)CC1. The normalized spacial score (nSPS) is 17.3. The summed E-state index contributed by atoms with van der Waals surface area (Å²) in [5.41, 5.74) is 6.69. The molecule has 1 saturated heterocycles. The predicted molar refractivity (Wildman–Crippen MR) is 96.1 cm³/mol. The molecule has 0 aromatic carbocycles. The number of hydrogen-bond donors (Lipinski definition) is 1. The zero-order valence-electron chi connectivity index (χ0n) is 14.6. The molecule has 2 aromatic heterocycles. The molecule has 1 N–H and O–H groups in total. The van der Waals surface area contributed by atoms with Crippen LogP contribution < -0.4 is 0 Å². The van der Waals surface area contributed by atoms with E-state index in [0.29, 0.717) is 6.54 Å². The molecule has 0 spiro atoms. The highest BCUT2D eigenvalue weighted by atomic mass is 32.1. The lowest BCUT2D eigenvalue weighted by molar-refractivity contribution is 0.245. The maximum atomic E-state index is 9.16. The molecule has 0 amide bonds. The van der Waals surface area contributed by atoms with Crippen LogP contribution in [-0.4, -0.2) is 62.5 Å². The molecule has 0 radical (unpaired) electrons. The van der Waals surface area contributed by atoms with Crippen LogP contribution in [0.2, 0.25) is 0 Å². The molecule has 0 saturated carbocycles. The van der Waals surface area contributed by atoms with Crippen LogP contribution >= 0.6 is 11.3 Å². The molecule has 1 aliphatic heterocycles. The molecule has 7 heteroatoms. The highest BCUT2D eigenvalue weighted by molar-refractivity contribution is 7.07. The first kappa shape index (κ1) is 17.5. The van der Waals surface area contributed by atoms with Crippen molar-refractivity contribution in [3.05, 3.63) is 33.5 Å². The number of aliphatic hydroxyl groups is 1. The van der Waals surface area contributed by atoms with Gasteiger partial charge in [-0.1, -0.05) is 0 Å². The quantitative estimate of drug-likeness (QED) is 0.859. The molecule has 6 nitrogen and oxygen atoms in total. The van der Waals surface area contributed by atoms with Gasteiger partial charge in [0.15, 0.2) is 0 Å². The number of rotatable bonds is 6. The predicted octanol–water partition coefficient (Wildman–Crippen LogP) is 1.66. The van der Waals surface area contributed by atoms with E-state index in [4.69, 9.17) is 5.11 Å². The largest absolute Gasteiger partial charge is 0.394 e. The maximum absolute atomic E-state index is 9.16. The number of thiazole rings is 1. The van der Waals surface area contributed by atoms with Crippen LogP contribution in [0.1, 0.15) is 29.1 Å². The average molecular weight is 350 g/mol. The van der Waals surface area contributed by atoms with E-state index in [1.807, 2.05) is 10.2 Å². The summed E-state index contributed by atoms with van der Waals surface area (Å²) in [4.78, 5) is 9.44. The van der Waals surface area contributed by atoms with Crippen molar-refractivity contribution in [1.29, 1.82) is 0 Å². The molecule has 1 aliphatic rings. The van der Waals surface area contributed by atoms with Crippen molar-refractivity contribution in [2.75, 3.05) is 32.8 Å². The number of aliphatic hydroxyl groups excluding tert-OH is 1. The molecule has 24 heavy (non-hydrogen) atoms. The second kappa shape index (κ2) is 8.20. The second-order valence-electron chi connectivity index (χ2n) is 6.48. The second-order valence-corrected chi connectivity index (χ2v) is 7.20. The molecule has 1 fully saturated rings. The first-order chi connectivity index (χ1) is 11.7. The highest BCUT2D eigenvalue weighted by Crippen LogP contribution is 2.17. The Labute approximate surface area is 147 Å². The summed E-state index contributed by atoms with van der Waals surface area (Å²) in [6.07, 6.45) is 1.19. The van der Waals surface area contributed by atoms with Crippen molar-refractivity contribution in [3.63, 3.8) is 0 Å². The fourth-order valence-corrected chi connectivity index (χ4v) is 3.93. The molecule has 132 valence electrons. The van der Waals surface area contributed by atoms with E-state index in [-0.39, 0.29) is 6.61 Å². The Bertz CT molecular complexity index is 640. The van der Waals surface area contributed by atoms with E-state index >= 15 is 0 Å². The first-order valence-electron chi connectivity index (χ1n) is 8.63. The zero-order valence-corrected chi connectivity index (χ0v) is 15.4. The van der Waals surface area contributed by atoms with Crippen molar-refractivity contribution in [3.8, 4) is 0 Å². The minimum Gasteiger partial charge on any atom is -0.394 e. The monoisotopic (exact) mass is 349 g/mol. The van der Waals surface area contributed by atoms with Crippen molar-refractivity contribution >= 4 is 11.3 Å². The van der Waals surface area contributed by atoms with Gasteiger partial charge in [-0.3, -0.25) is 14.5 Å². The third-order valence-corrected chi connectivity index (χ3v) is 5.41. The molecule has 0 aliphatic carbocycles. The smallest absolute Gasteiger partial charge is 0.0795 e. The highest BCUT2D eigenvalue weighted by Gasteiger charge is 2.19. The number of nitrogens with zero attached hydrogens (tertiary/aromatic N) is 5. The van der Waals surface area contributed by atoms with Crippen LogP contribution in [0.25, 0.3) is 0 Å². The Hall–Kier alpha value is -1.28. The maximum Gasteiger partial charge on any atom is 0.0795 e. The van der Waals surface area contributed by atoms with Gasteiger partial charge in [-0.25, -0.2) is 4.98 Å². The molecule has 0 atom stereocenters. The third kappa shape index (κ3) is 4.22. The van der Waals surface area contributed by atoms with Crippen LogP contribution in [0.5, 0.6) is 0 Å². The number of aryl methyl sites for hydroxylation is 1. The summed E-state index contributed by atoms with van der Waals surface area (Å²) in [5.74, 6) is 0. The Morgan fingerprint density at radius 3 is 2.54 bits per heavy atom. The topological polar surface area (TPSA) is 57.4 Å². The van der Waals surface area contributed by atoms with Gasteiger partial charge in [-0.15, -0.1) is 11.3 Å². The van der Waals surface area contributed by atoms with Crippen LogP contribution in [-0.2, 0) is 19.6 Å². The van der Waals surface area contributed by atoms with E-state index in [1.165, 1.54) is 23.4 Å². The minimum absolute atomic E-state index is 0.136. The van der Waals surface area contributed by atoms with Crippen molar-refractivity contribution in [2.45, 2.75) is 39.9 Å². The Kier molecular flexibility index (Phi) is 5.99. The Morgan fingerprint density at radius 1 is 1.12 bits per heavy atom. The molecule has 2 aromatic rings.